The van der Waals surface area contributed by atoms with E-state index in [0.29, 0.717) is 25.9 Å². The Hall–Kier alpha value is -1.79. The lowest BCUT2D eigenvalue weighted by molar-refractivity contribution is -0.143. The molecule has 2 N–H and O–H groups in total. The minimum atomic E-state index is -0.877. The Morgan fingerprint density at radius 1 is 1.45 bits per heavy atom. The predicted octanol–water partition coefficient (Wildman–Crippen LogP) is 0.359. The third-order valence-electron chi connectivity index (χ3n) is 3.62. The molecule has 7 nitrogen and oxygen atoms in total. The van der Waals surface area contributed by atoms with E-state index in [4.69, 9.17) is 5.11 Å². The zero-order valence-corrected chi connectivity index (χ0v) is 12.3. The van der Waals surface area contributed by atoms with E-state index in [1.807, 2.05) is 6.92 Å². The molecule has 0 saturated carbocycles. The molecule has 0 aromatic carbocycles. The van der Waals surface area contributed by atoms with Crippen molar-refractivity contribution in [3.63, 3.8) is 0 Å². The second-order valence-corrected chi connectivity index (χ2v) is 5.15. The number of carboxylic acids is 1. The topological polar surface area (TPSA) is 90.0 Å². The SMILES string of the molecule is CCN(C)C(=O)C(C)NC(=O)N1CCC[C@@H](C(=O)O)C1. The number of hydrogen-bond donors (Lipinski definition) is 2. The quantitative estimate of drug-likeness (QED) is 0.780. The Morgan fingerprint density at radius 2 is 2.10 bits per heavy atom. The van der Waals surface area contributed by atoms with Crippen LogP contribution in [0.1, 0.15) is 26.7 Å². The first-order valence-corrected chi connectivity index (χ1v) is 6.90. The fourth-order valence-electron chi connectivity index (χ4n) is 2.19. The van der Waals surface area contributed by atoms with Crippen molar-refractivity contribution in [1.82, 2.24) is 15.1 Å². The Balaban J connectivity index is 2.53. The van der Waals surface area contributed by atoms with E-state index < -0.39 is 17.9 Å². The number of hydrogen-bond acceptors (Lipinski definition) is 3. The van der Waals surface area contributed by atoms with Crippen LogP contribution < -0.4 is 5.32 Å². The van der Waals surface area contributed by atoms with Crippen LogP contribution >= 0.6 is 0 Å². The van der Waals surface area contributed by atoms with Gasteiger partial charge in [-0.25, -0.2) is 4.79 Å². The third-order valence-corrected chi connectivity index (χ3v) is 3.62. The van der Waals surface area contributed by atoms with Crippen LogP contribution in [0, 0.1) is 5.92 Å². The summed E-state index contributed by atoms with van der Waals surface area (Å²) in [4.78, 5) is 37.9. The molecule has 0 aromatic heterocycles. The molecule has 1 rings (SSSR count). The second-order valence-electron chi connectivity index (χ2n) is 5.15. The van der Waals surface area contributed by atoms with Crippen molar-refractivity contribution in [3.05, 3.63) is 0 Å². The average Bonchev–Trinajstić information content (AvgIpc) is 2.45. The van der Waals surface area contributed by atoms with Crippen LogP contribution in [-0.4, -0.2) is 65.5 Å². The summed E-state index contributed by atoms with van der Waals surface area (Å²) in [6, 6.07) is -0.987. The van der Waals surface area contributed by atoms with Crippen LogP contribution in [-0.2, 0) is 9.59 Å². The van der Waals surface area contributed by atoms with E-state index in [0.717, 1.165) is 0 Å². The molecule has 1 saturated heterocycles. The molecule has 2 atom stereocenters. The van der Waals surface area contributed by atoms with Gasteiger partial charge in [0, 0.05) is 26.7 Å². The first-order valence-electron chi connectivity index (χ1n) is 6.90. The number of carboxylic acid groups (broad SMARTS) is 1. The zero-order valence-electron chi connectivity index (χ0n) is 12.3. The zero-order chi connectivity index (χ0) is 15.3. The number of nitrogens with one attached hydrogen (secondary N) is 1. The molecule has 0 bridgehead atoms. The summed E-state index contributed by atoms with van der Waals surface area (Å²) in [6.45, 7) is 4.79. The van der Waals surface area contributed by atoms with E-state index in [9.17, 15) is 14.4 Å². The minimum Gasteiger partial charge on any atom is -0.481 e. The summed E-state index contributed by atoms with van der Waals surface area (Å²) in [5.74, 6) is -1.55. The minimum absolute atomic E-state index is 0.160. The van der Waals surface area contributed by atoms with Gasteiger partial charge in [0.25, 0.3) is 0 Å². The second kappa shape index (κ2) is 7.12. The van der Waals surface area contributed by atoms with E-state index >= 15 is 0 Å². The molecule has 1 aliphatic rings. The predicted molar refractivity (Wildman–Crippen MR) is 73.2 cm³/mol. The van der Waals surface area contributed by atoms with Gasteiger partial charge in [-0.3, -0.25) is 9.59 Å². The van der Waals surface area contributed by atoms with Gasteiger partial charge in [-0.15, -0.1) is 0 Å². The van der Waals surface area contributed by atoms with Crippen molar-refractivity contribution in [2.24, 2.45) is 5.92 Å². The van der Waals surface area contributed by atoms with Crippen molar-refractivity contribution in [2.45, 2.75) is 32.7 Å². The van der Waals surface area contributed by atoms with Crippen LogP contribution in [0.15, 0.2) is 0 Å². The van der Waals surface area contributed by atoms with Crippen molar-refractivity contribution < 1.29 is 19.5 Å². The number of urea groups is 1. The molecule has 0 spiro atoms. The van der Waals surface area contributed by atoms with Crippen LogP contribution in [0.4, 0.5) is 4.79 Å². The summed E-state index contributed by atoms with van der Waals surface area (Å²) in [5.41, 5.74) is 0. The molecular weight excluding hydrogens is 262 g/mol. The van der Waals surface area contributed by atoms with Gasteiger partial charge in [0.2, 0.25) is 5.91 Å². The number of amides is 3. The number of carbonyl (C=O) groups is 3. The normalized spacial score (nSPS) is 20.1. The smallest absolute Gasteiger partial charge is 0.318 e. The summed E-state index contributed by atoms with van der Waals surface area (Å²) < 4.78 is 0. The Bertz CT molecular complexity index is 386. The molecule has 7 heteroatoms. The number of nitrogens with zero attached hydrogens (tertiary/aromatic N) is 2. The van der Waals surface area contributed by atoms with Crippen LogP contribution in [0.5, 0.6) is 0 Å². The van der Waals surface area contributed by atoms with Crippen molar-refractivity contribution >= 4 is 17.9 Å². The lowest BCUT2D eigenvalue weighted by Crippen LogP contribution is -2.52. The largest absolute Gasteiger partial charge is 0.481 e. The Labute approximate surface area is 118 Å². The first-order chi connectivity index (χ1) is 9.36. The van der Waals surface area contributed by atoms with Gasteiger partial charge in [-0.1, -0.05) is 0 Å². The van der Waals surface area contributed by atoms with Gasteiger partial charge in [0.05, 0.1) is 5.92 Å². The molecule has 1 heterocycles. The number of likely N-dealkylation sites (N-methyl/N-ethyl adjacent to an activating group) is 1. The standard InChI is InChI=1S/C13H23N3O4/c1-4-15(3)11(17)9(2)14-13(20)16-7-5-6-10(8-16)12(18)19/h9-10H,4-8H2,1-3H3,(H,14,20)(H,18,19)/t9?,10-/m1/s1. The average molecular weight is 285 g/mol. The van der Waals surface area contributed by atoms with Gasteiger partial charge >= 0.3 is 12.0 Å². The number of carbonyl (C=O) groups excluding carboxylic acids is 2. The van der Waals surface area contributed by atoms with E-state index in [1.54, 1.807) is 14.0 Å². The molecule has 3 amide bonds. The lowest BCUT2D eigenvalue weighted by atomic mass is 9.99. The molecule has 0 radical (unpaired) electrons. The summed E-state index contributed by atoms with van der Waals surface area (Å²) in [6.07, 6.45) is 1.26. The Kier molecular flexibility index (Phi) is 5.79. The highest BCUT2D eigenvalue weighted by Crippen LogP contribution is 2.16. The fraction of sp³-hybridized carbons (Fsp3) is 0.769. The molecule has 0 aromatic rings. The van der Waals surface area contributed by atoms with Crippen molar-refractivity contribution in [3.8, 4) is 0 Å². The van der Waals surface area contributed by atoms with Gasteiger partial charge in [0.1, 0.15) is 6.04 Å². The van der Waals surface area contributed by atoms with E-state index in [1.165, 1.54) is 9.80 Å². The van der Waals surface area contributed by atoms with Gasteiger partial charge in [-0.05, 0) is 26.7 Å². The summed E-state index contributed by atoms with van der Waals surface area (Å²) >= 11 is 0. The maximum Gasteiger partial charge on any atom is 0.318 e. The molecule has 1 fully saturated rings. The molecule has 20 heavy (non-hydrogen) atoms. The third kappa shape index (κ3) is 4.11. The van der Waals surface area contributed by atoms with Crippen LogP contribution in [0.2, 0.25) is 0 Å². The highest BCUT2D eigenvalue weighted by molar-refractivity contribution is 5.86. The van der Waals surface area contributed by atoms with E-state index in [2.05, 4.69) is 5.32 Å². The molecule has 1 unspecified atom stereocenters. The maximum atomic E-state index is 12.0. The van der Waals surface area contributed by atoms with Gasteiger partial charge < -0.3 is 20.2 Å². The highest BCUT2D eigenvalue weighted by atomic mass is 16.4. The van der Waals surface area contributed by atoms with Crippen molar-refractivity contribution in [1.29, 1.82) is 0 Å². The molecule has 114 valence electrons. The van der Waals surface area contributed by atoms with Crippen molar-refractivity contribution in [2.75, 3.05) is 26.7 Å². The Morgan fingerprint density at radius 3 is 2.65 bits per heavy atom. The molecule has 0 aliphatic carbocycles. The first kappa shape index (κ1) is 16.3. The van der Waals surface area contributed by atoms with Crippen LogP contribution in [0.25, 0.3) is 0 Å². The van der Waals surface area contributed by atoms with Gasteiger partial charge in [-0.2, -0.15) is 0 Å². The highest BCUT2D eigenvalue weighted by Gasteiger charge is 2.29. The van der Waals surface area contributed by atoms with Crippen LogP contribution in [0.3, 0.4) is 0 Å². The number of piperidine rings is 1. The number of aliphatic carboxylic acids is 1. The molecule has 1 aliphatic heterocycles. The summed E-state index contributed by atoms with van der Waals surface area (Å²) in [5, 5.41) is 11.6. The molecular formula is C13H23N3O4. The maximum absolute atomic E-state index is 12.0. The fourth-order valence-corrected chi connectivity index (χ4v) is 2.19. The number of rotatable bonds is 4. The van der Waals surface area contributed by atoms with E-state index in [-0.39, 0.29) is 18.5 Å². The van der Waals surface area contributed by atoms with Gasteiger partial charge in [0.15, 0.2) is 0 Å². The monoisotopic (exact) mass is 285 g/mol. The summed E-state index contributed by atoms with van der Waals surface area (Å²) in [7, 11) is 1.67. The lowest BCUT2D eigenvalue weighted by Gasteiger charge is -2.32. The number of likely N-dealkylation sites (tertiary alicyclic amines) is 1.